The molecule has 0 aliphatic carbocycles. The van der Waals surface area contributed by atoms with Crippen LogP contribution < -0.4 is 0 Å². The summed E-state index contributed by atoms with van der Waals surface area (Å²) < 4.78 is 4.37. The molecule has 2 aromatic heterocycles. The Bertz CT molecular complexity index is 704. The maximum absolute atomic E-state index is 4.19. The van der Waals surface area contributed by atoms with Crippen molar-refractivity contribution in [3.63, 3.8) is 0 Å². The van der Waals surface area contributed by atoms with E-state index in [0.29, 0.717) is 0 Å². The van der Waals surface area contributed by atoms with Gasteiger partial charge < -0.3 is 4.57 Å². The van der Waals surface area contributed by atoms with Crippen molar-refractivity contribution >= 4 is 42.8 Å². The van der Waals surface area contributed by atoms with Gasteiger partial charge in [0.25, 0.3) is 0 Å². The maximum Gasteiger partial charge on any atom is 0.0494 e. The molecule has 0 atom stereocenters. The van der Waals surface area contributed by atoms with E-state index >= 15 is 0 Å². The van der Waals surface area contributed by atoms with E-state index in [0.717, 1.165) is 15.5 Å². The van der Waals surface area contributed by atoms with E-state index in [2.05, 4.69) is 77.9 Å². The molecule has 0 radical (unpaired) electrons. The Hall–Kier alpha value is -1.13. The van der Waals surface area contributed by atoms with Crippen LogP contribution in [0.25, 0.3) is 10.9 Å². The van der Waals surface area contributed by atoms with E-state index in [1.807, 2.05) is 6.20 Å². The van der Waals surface area contributed by atoms with Gasteiger partial charge in [-0.15, -0.1) is 0 Å². The van der Waals surface area contributed by atoms with Crippen molar-refractivity contribution in [3.05, 3.63) is 63.4 Å². The summed E-state index contributed by atoms with van der Waals surface area (Å²) in [6.07, 6.45) is 5.80. The lowest BCUT2D eigenvalue weighted by molar-refractivity contribution is 0.830. The molecule has 0 aliphatic heterocycles. The molecule has 2 heterocycles. The topological polar surface area (TPSA) is 17.8 Å². The Labute approximate surface area is 122 Å². The SMILES string of the molecule is Brc1cncc(Cn2ccc3c(Br)cccc32)c1. The average molecular weight is 366 g/mol. The summed E-state index contributed by atoms with van der Waals surface area (Å²) in [4.78, 5) is 4.19. The first-order chi connectivity index (χ1) is 8.74. The van der Waals surface area contributed by atoms with Gasteiger partial charge in [0.1, 0.15) is 0 Å². The smallest absolute Gasteiger partial charge is 0.0494 e. The summed E-state index contributed by atoms with van der Waals surface area (Å²) in [6, 6.07) is 10.5. The van der Waals surface area contributed by atoms with Crippen LogP contribution in [0.5, 0.6) is 0 Å². The number of rotatable bonds is 2. The van der Waals surface area contributed by atoms with Crippen LogP contribution in [-0.4, -0.2) is 9.55 Å². The zero-order valence-electron chi connectivity index (χ0n) is 9.48. The highest BCUT2D eigenvalue weighted by Gasteiger charge is 2.04. The normalized spacial score (nSPS) is 11.0. The van der Waals surface area contributed by atoms with Crippen LogP contribution in [0.15, 0.2) is 57.9 Å². The average Bonchev–Trinajstić information content (AvgIpc) is 2.74. The van der Waals surface area contributed by atoms with Crippen LogP contribution in [0.4, 0.5) is 0 Å². The third-order valence-electron chi connectivity index (χ3n) is 2.87. The number of hydrogen-bond acceptors (Lipinski definition) is 1. The second-order valence-corrected chi connectivity index (χ2v) is 5.90. The van der Waals surface area contributed by atoms with E-state index in [1.165, 1.54) is 16.5 Å². The number of hydrogen-bond donors (Lipinski definition) is 0. The number of nitrogens with zero attached hydrogens (tertiary/aromatic N) is 2. The van der Waals surface area contributed by atoms with Gasteiger partial charge in [-0.1, -0.05) is 22.0 Å². The minimum atomic E-state index is 0.826. The van der Waals surface area contributed by atoms with E-state index in [1.54, 1.807) is 6.20 Å². The van der Waals surface area contributed by atoms with Crippen LogP contribution in [0, 0.1) is 0 Å². The van der Waals surface area contributed by atoms with Gasteiger partial charge in [0.15, 0.2) is 0 Å². The molecule has 0 spiro atoms. The lowest BCUT2D eigenvalue weighted by atomic mass is 10.2. The molecular formula is C14H10Br2N2. The van der Waals surface area contributed by atoms with Crippen LogP contribution in [0.3, 0.4) is 0 Å². The molecule has 0 bridgehead atoms. The van der Waals surface area contributed by atoms with E-state index < -0.39 is 0 Å². The number of pyridine rings is 1. The predicted molar refractivity (Wildman–Crippen MR) is 80.7 cm³/mol. The molecule has 0 saturated heterocycles. The lowest BCUT2D eigenvalue weighted by Gasteiger charge is -2.06. The summed E-state index contributed by atoms with van der Waals surface area (Å²) in [5.74, 6) is 0. The maximum atomic E-state index is 4.19. The van der Waals surface area contributed by atoms with Gasteiger partial charge in [-0.2, -0.15) is 0 Å². The first-order valence-corrected chi connectivity index (χ1v) is 7.15. The molecule has 2 nitrogen and oxygen atoms in total. The molecular weight excluding hydrogens is 356 g/mol. The fourth-order valence-corrected chi connectivity index (χ4v) is 2.96. The van der Waals surface area contributed by atoms with Crippen LogP contribution >= 0.6 is 31.9 Å². The summed E-state index contributed by atoms with van der Waals surface area (Å²) >= 11 is 7.02. The first kappa shape index (κ1) is 11.9. The Kier molecular flexibility index (Phi) is 3.22. The first-order valence-electron chi connectivity index (χ1n) is 5.57. The van der Waals surface area contributed by atoms with Crippen LogP contribution in [0.1, 0.15) is 5.56 Å². The van der Waals surface area contributed by atoms with Gasteiger partial charge in [0, 0.05) is 45.0 Å². The van der Waals surface area contributed by atoms with Crippen molar-refractivity contribution in [2.24, 2.45) is 0 Å². The Morgan fingerprint density at radius 1 is 1.11 bits per heavy atom. The molecule has 18 heavy (non-hydrogen) atoms. The molecule has 4 heteroatoms. The van der Waals surface area contributed by atoms with Crippen molar-refractivity contribution in [2.45, 2.75) is 6.54 Å². The van der Waals surface area contributed by atoms with E-state index in [-0.39, 0.29) is 0 Å². The molecule has 90 valence electrons. The fourth-order valence-electron chi connectivity index (χ4n) is 2.06. The monoisotopic (exact) mass is 364 g/mol. The van der Waals surface area contributed by atoms with Crippen molar-refractivity contribution in [1.29, 1.82) is 0 Å². The van der Waals surface area contributed by atoms with Crippen LogP contribution in [0.2, 0.25) is 0 Å². The standard InChI is InChI=1S/C14H10Br2N2/c15-11-6-10(7-17-8-11)9-18-5-4-12-13(16)2-1-3-14(12)18/h1-8H,9H2. The highest BCUT2D eigenvalue weighted by molar-refractivity contribution is 9.11. The molecule has 0 saturated carbocycles. The van der Waals surface area contributed by atoms with Gasteiger partial charge in [-0.05, 0) is 45.8 Å². The van der Waals surface area contributed by atoms with Crippen molar-refractivity contribution < 1.29 is 0 Å². The summed E-state index contributed by atoms with van der Waals surface area (Å²) in [5, 5.41) is 1.24. The highest BCUT2D eigenvalue weighted by Crippen LogP contribution is 2.25. The summed E-state index contributed by atoms with van der Waals surface area (Å²) in [6.45, 7) is 0.826. The second-order valence-electron chi connectivity index (χ2n) is 4.13. The fraction of sp³-hybridized carbons (Fsp3) is 0.0714. The van der Waals surface area contributed by atoms with Gasteiger partial charge >= 0.3 is 0 Å². The van der Waals surface area contributed by atoms with Gasteiger partial charge in [0.05, 0.1) is 0 Å². The van der Waals surface area contributed by atoms with Gasteiger partial charge in [-0.25, -0.2) is 0 Å². The Morgan fingerprint density at radius 3 is 2.83 bits per heavy atom. The van der Waals surface area contributed by atoms with Crippen molar-refractivity contribution in [2.75, 3.05) is 0 Å². The van der Waals surface area contributed by atoms with Crippen molar-refractivity contribution in [3.8, 4) is 0 Å². The predicted octanol–water partition coefficient (Wildman–Crippen LogP) is 4.61. The summed E-state index contributed by atoms with van der Waals surface area (Å²) in [5.41, 5.74) is 2.41. The lowest BCUT2D eigenvalue weighted by Crippen LogP contribution is -1.98. The highest BCUT2D eigenvalue weighted by atomic mass is 79.9. The molecule has 0 aliphatic rings. The Morgan fingerprint density at radius 2 is 2.00 bits per heavy atom. The molecule has 0 fully saturated rings. The van der Waals surface area contributed by atoms with Crippen LogP contribution in [-0.2, 0) is 6.54 Å². The molecule has 0 amide bonds. The van der Waals surface area contributed by atoms with Gasteiger partial charge in [-0.3, -0.25) is 4.98 Å². The largest absolute Gasteiger partial charge is 0.343 e. The summed E-state index contributed by atoms with van der Waals surface area (Å²) in [7, 11) is 0. The molecule has 0 N–H and O–H groups in total. The van der Waals surface area contributed by atoms with E-state index in [9.17, 15) is 0 Å². The third kappa shape index (κ3) is 2.22. The van der Waals surface area contributed by atoms with Crippen molar-refractivity contribution in [1.82, 2.24) is 9.55 Å². The zero-order chi connectivity index (χ0) is 12.5. The molecule has 3 aromatic rings. The number of fused-ring (bicyclic) bond motifs is 1. The molecule has 1 aromatic carbocycles. The number of halogens is 2. The molecule has 0 unspecified atom stereocenters. The minimum absolute atomic E-state index is 0.826. The quantitative estimate of drug-likeness (QED) is 0.648. The number of benzene rings is 1. The molecule has 3 rings (SSSR count). The third-order valence-corrected chi connectivity index (χ3v) is 4.00. The zero-order valence-corrected chi connectivity index (χ0v) is 12.6. The second kappa shape index (κ2) is 4.86. The van der Waals surface area contributed by atoms with E-state index in [4.69, 9.17) is 0 Å². The van der Waals surface area contributed by atoms with Gasteiger partial charge in [0.2, 0.25) is 0 Å². The minimum Gasteiger partial charge on any atom is -0.343 e. The number of aromatic nitrogens is 2. The Balaban J connectivity index is 2.03.